The maximum atomic E-state index is 10.6. The Morgan fingerprint density at radius 3 is 2.15 bits per heavy atom. The number of hydrogen-bond donors (Lipinski definition) is 1. The molecule has 1 aliphatic carbocycles. The summed E-state index contributed by atoms with van der Waals surface area (Å²) in [6, 6.07) is 13.7. The van der Waals surface area contributed by atoms with E-state index < -0.39 is 28.6 Å². The van der Waals surface area contributed by atoms with Crippen LogP contribution in [0.4, 0.5) is 0 Å². The van der Waals surface area contributed by atoms with Gasteiger partial charge in [0.05, 0.1) is 30.7 Å². The molecule has 2 bridgehead atoms. The molecule has 7 heteroatoms. The highest BCUT2D eigenvalue weighted by Crippen LogP contribution is 2.68. The van der Waals surface area contributed by atoms with E-state index in [2.05, 4.69) is 18.2 Å². The predicted octanol–water partition coefficient (Wildman–Crippen LogP) is 5.93. The van der Waals surface area contributed by atoms with Crippen molar-refractivity contribution in [3.05, 3.63) is 29.8 Å². The summed E-state index contributed by atoms with van der Waals surface area (Å²) in [6.45, 7) is 2.42. The smallest absolute Gasteiger partial charge is 0.217 e. The van der Waals surface area contributed by atoms with Crippen molar-refractivity contribution in [3.63, 3.8) is 0 Å². The van der Waals surface area contributed by atoms with Crippen LogP contribution in [0, 0.1) is 56.2 Å². The molecule has 0 spiro atoms. The van der Waals surface area contributed by atoms with Gasteiger partial charge in [0.15, 0.2) is 5.41 Å². The number of nitrogens with zero attached hydrogens (tertiary/aromatic N) is 3. The second-order valence-electron chi connectivity index (χ2n) is 9.61. The van der Waals surface area contributed by atoms with Crippen molar-refractivity contribution in [2.24, 2.45) is 16.7 Å². The van der Waals surface area contributed by atoms with E-state index in [1.165, 1.54) is 12.8 Å². The van der Waals surface area contributed by atoms with Gasteiger partial charge in [0.1, 0.15) is 11.9 Å². The van der Waals surface area contributed by atoms with Gasteiger partial charge in [-0.05, 0) is 37.5 Å². The summed E-state index contributed by atoms with van der Waals surface area (Å²) in [7, 11) is 0. The van der Waals surface area contributed by atoms with Gasteiger partial charge in [-0.1, -0.05) is 57.1 Å². The average Bonchev–Trinajstić information content (AvgIpc) is 3.02. The first-order valence-electron chi connectivity index (χ1n) is 12.5. The molecular weight excluding hydrogens is 428 g/mol. The maximum Gasteiger partial charge on any atom is 0.217 e. The van der Waals surface area contributed by atoms with E-state index >= 15 is 0 Å². The first-order valence-corrected chi connectivity index (χ1v) is 12.5. The molecule has 7 nitrogen and oxygen atoms in total. The average molecular weight is 461 g/mol. The van der Waals surface area contributed by atoms with Crippen LogP contribution in [0.5, 0.6) is 5.75 Å². The van der Waals surface area contributed by atoms with Gasteiger partial charge in [-0.2, -0.15) is 15.8 Å². The van der Waals surface area contributed by atoms with E-state index in [0.717, 1.165) is 38.5 Å². The summed E-state index contributed by atoms with van der Waals surface area (Å²) >= 11 is 0. The molecule has 0 radical (unpaired) electrons. The summed E-state index contributed by atoms with van der Waals surface area (Å²) in [5, 5.41) is 40.3. The molecule has 1 N–H and O–H groups in total. The fourth-order valence-corrected chi connectivity index (χ4v) is 6.13. The number of ether oxygens (including phenoxy) is 3. The Kier molecular flexibility index (Phi) is 6.83. The molecule has 4 atom stereocenters. The molecule has 0 aromatic heterocycles. The van der Waals surface area contributed by atoms with Crippen molar-refractivity contribution in [1.29, 1.82) is 21.2 Å². The largest absolute Gasteiger partial charge is 0.494 e. The van der Waals surface area contributed by atoms with Crippen molar-refractivity contribution in [3.8, 4) is 24.0 Å². The van der Waals surface area contributed by atoms with Crippen LogP contribution in [0.3, 0.4) is 0 Å². The van der Waals surface area contributed by atoms with Crippen LogP contribution in [0.25, 0.3) is 0 Å². The molecule has 4 rings (SSSR count). The molecule has 1 aromatic rings. The van der Waals surface area contributed by atoms with Crippen molar-refractivity contribution in [2.45, 2.75) is 83.0 Å². The maximum absolute atomic E-state index is 10.6. The molecular formula is C27H32N4O3. The molecule has 1 aromatic carbocycles. The minimum atomic E-state index is -1.91. The fraction of sp³-hybridized carbons (Fsp3) is 0.630. The fourth-order valence-electron chi connectivity index (χ4n) is 6.13. The van der Waals surface area contributed by atoms with Gasteiger partial charge in [-0.25, -0.2) is 0 Å². The SMILES string of the molecule is CCOc1ccc(C2OC34CCCCCCCCCCC3C(C#N)(C(=N)O4)C2(C#N)C#N)cc1. The molecule has 0 amide bonds. The van der Waals surface area contributed by atoms with Crippen LogP contribution in [0.2, 0.25) is 0 Å². The molecule has 3 aliphatic rings. The van der Waals surface area contributed by atoms with E-state index in [9.17, 15) is 15.8 Å². The van der Waals surface area contributed by atoms with Crippen LogP contribution in [-0.4, -0.2) is 18.3 Å². The summed E-state index contributed by atoms with van der Waals surface area (Å²) in [6.07, 6.45) is 8.45. The van der Waals surface area contributed by atoms with E-state index in [-0.39, 0.29) is 5.90 Å². The van der Waals surface area contributed by atoms with Gasteiger partial charge in [0.25, 0.3) is 0 Å². The summed E-state index contributed by atoms with van der Waals surface area (Å²) in [4.78, 5) is 0. The Morgan fingerprint density at radius 2 is 1.56 bits per heavy atom. The Hall–Kier alpha value is -3.08. The van der Waals surface area contributed by atoms with Gasteiger partial charge >= 0.3 is 0 Å². The predicted molar refractivity (Wildman–Crippen MR) is 124 cm³/mol. The third kappa shape index (κ3) is 3.53. The Morgan fingerprint density at radius 1 is 0.941 bits per heavy atom. The lowest BCUT2D eigenvalue weighted by Gasteiger charge is -2.50. The minimum absolute atomic E-state index is 0.300. The normalized spacial score (nSPS) is 32.9. The topological polar surface area (TPSA) is 123 Å². The Bertz CT molecular complexity index is 1020. The van der Waals surface area contributed by atoms with Crippen molar-refractivity contribution < 1.29 is 14.2 Å². The van der Waals surface area contributed by atoms with E-state index in [0.29, 0.717) is 30.8 Å². The number of hydrogen-bond acceptors (Lipinski definition) is 7. The first kappa shape index (κ1) is 24.1. The van der Waals surface area contributed by atoms with Crippen LogP contribution < -0.4 is 4.74 Å². The minimum Gasteiger partial charge on any atom is -0.494 e. The highest BCUT2D eigenvalue weighted by atomic mass is 16.7. The van der Waals surface area contributed by atoms with Crippen LogP contribution >= 0.6 is 0 Å². The molecule has 1 saturated carbocycles. The second kappa shape index (κ2) is 9.65. The standard InChI is InChI=1S/C27H32N4O3/c1-2-32-21-14-12-20(13-15-21)23-25(17-28,18-29)26(19-30)22-11-9-7-5-3-4-6-8-10-16-27(22,33-23)34-24(26)31/h12-15,22-23,31H,2-11,16H2,1H3. The highest BCUT2D eigenvalue weighted by molar-refractivity contribution is 5.89. The zero-order valence-corrected chi connectivity index (χ0v) is 19.8. The van der Waals surface area contributed by atoms with Gasteiger partial charge in [-0.3, -0.25) is 5.41 Å². The molecule has 178 valence electrons. The van der Waals surface area contributed by atoms with Gasteiger partial charge in [-0.15, -0.1) is 0 Å². The zero-order valence-electron chi connectivity index (χ0n) is 19.8. The van der Waals surface area contributed by atoms with Gasteiger partial charge in [0.2, 0.25) is 17.1 Å². The number of nitriles is 3. The monoisotopic (exact) mass is 460 g/mol. The van der Waals surface area contributed by atoms with E-state index in [1.54, 1.807) is 24.3 Å². The third-order valence-corrected chi connectivity index (χ3v) is 7.81. The van der Waals surface area contributed by atoms with E-state index in [4.69, 9.17) is 19.6 Å². The lowest BCUT2D eigenvalue weighted by atomic mass is 9.52. The van der Waals surface area contributed by atoms with Gasteiger partial charge < -0.3 is 14.2 Å². The quantitative estimate of drug-likeness (QED) is 0.596. The number of rotatable bonds is 3. The summed E-state index contributed by atoms with van der Waals surface area (Å²) in [5.41, 5.74) is -3.00. The first-order chi connectivity index (χ1) is 16.5. The van der Waals surface area contributed by atoms with Crippen LogP contribution in [-0.2, 0) is 9.47 Å². The van der Waals surface area contributed by atoms with Crippen molar-refractivity contribution in [2.75, 3.05) is 6.61 Å². The van der Waals surface area contributed by atoms with Crippen LogP contribution in [0.1, 0.15) is 82.8 Å². The third-order valence-electron chi connectivity index (χ3n) is 7.81. The lowest BCUT2D eigenvalue weighted by molar-refractivity contribution is -0.287. The lowest BCUT2D eigenvalue weighted by Crippen LogP contribution is -2.59. The van der Waals surface area contributed by atoms with Gasteiger partial charge in [0, 0.05) is 6.42 Å². The van der Waals surface area contributed by atoms with Crippen LogP contribution in [0.15, 0.2) is 24.3 Å². The van der Waals surface area contributed by atoms with E-state index in [1.807, 2.05) is 6.92 Å². The molecule has 34 heavy (non-hydrogen) atoms. The number of benzene rings is 1. The highest BCUT2D eigenvalue weighted by Gasteiger charge is 2.79. The summed E-state index contributed by atoms with van der Waals surface area (Å²) in [5.74, 6) is -1.36. The zero-order chi connectivity index (χ0) is 24.2. The molecule has 4 unspecified atom stereocenters. The molecule has 3 fully saturated rings. The van der Waals surface area contributed by atoms with Crippen molar-refractivity contribution >= 4 is 5.90 Å². The second-order valence-corrected chi connectivity index (χ2v) is 9.61. The Labute approximate surface area is 201 Å². The van der Waals surface area contributed by atoms with Crippen molar-refractivity contribution in [1.82, 2.24) is 0 Å². The molecule has 2 saturated heterocycles. The molecule has 2 aliphatic heterocycles. The summed E-state index contributed by atoms with van der Waals surface area (Å²) < 4.78 is 18.4. The Balaban J connectivity index is 1.85. The molecule has 2 heterocycles. The number of nitrogens with one attached hydrogen (secondary N) is 1.